The Hall–Kier alpha value is -2.22. The van der Waals surface area contributed by atoms with Gasteiger partial charge in [-0.05, 0) is 31.2 Å². The highest BCUT2D eigenvalue weighted by Crippen LogP contribution is 2.21. The number of benzene rings is 1. The van der Waals surface area contributed by atoms with Crippen LogP contribution < -0.4 is 0 Å². The van der Waals surface area contributed by atoms with Crippen molar-refractivity contribution in [2.75, 3.05) is 6.61 Å². The predicted molar refractivity (Wildman–Crippen MR) is 73.9 cm³/mol. The van der Waals surface area contributed by atoms with Gasteiger partial charge in [-0.25, -0.2) is 9.48 Å². The summed E-state index contributed by atoms with van der Waals surface area (Å²) in [4.78, 5) is 22.0. The number of carbonyl (C=O) groups is 1. The van der Waals surface area contributed by atoms with Crippen LogP contribution in [-0.2, 0) is 4.74 Å². The first-order valence-corrected chi connectivity index (χ1v) is 6.49. The first-order chi connectivity index (χ1) is 9.52. The summed E-state index contributed by atoms with van der Waals surface area (Å²) < 4.78 is 6.90. The Morgan fingerprint density at radius 2 is 2.10 bits per heavy atom. The van der Waals surface area contributed by atoms with Gasteiger partial charge in [0, 0.05) is 4.47 Å². The molecule has 104 valence electrons. The molecule has 2 aromatic rings. The van der Waals surface area contributed by atoms with E-state index in [-0.39, 0.29) is 18.0 Å². The fourth-order valence-electron chi connectivity index (χ4n) is 1.57. The average Bonchev–Trinajstić information content (AvgIpc) is 2.85. The molecule has 0 N–H and O–H groups in total. The molecule has 0 aliphatic heterocycles. The lowest BCUT2D eigenvalue weighted by Gasteiger charge is -2.00. The van der Waals surface area contributed by atoms with Gasteiger partial charge in [-0.3, -0.25) is 10.1 Å². The first kappa shape index (κ1) is 14.2. The quantitative estimate of drug-likeness (QED) is 0.485. The fraction of sp³-hybridized carbons (Fsp3) is 0.167. The SMILES string of the molecule is CCOC(=O)c1nn(-c2ccc(Br)cc2)cc1[N+](=O)[O-]. The Labute approximate surface area is 122 Å². The van der Waals surface area contributed by atoms with Gasteiger partial charge in [0.05, 0.1) is 17.2 Å². The molecule has 1 heterocycles. The molecule has 0 spiro atoms. The van der Waals surface area contributed by atoms with E-state index in [0.29, 0.717) is 5.69 Å². The molecule has 0 saturated carbocycles. The molecule has 0 bridgehead atoms. The highest BCUT2D eigenvalue weighted by Gasteiger charge is 2.27. The van der Waals surface area contributed by atoms with Crippen LogP contribution in [0, 0.1) is 10.1 Å². The van der Waals surface area contributed by atoms with E-state index in [1.54, 1.807) is 31.2 Å². The number of hydrogen-bond acceptors (Lipinski definition) is 5. The van der Waals surface area contributed by atoms with Gasteiger partial charge in [-0.15, -0.1) is 0 Å². The number of rotatable bonds is 4. The Balaban J connectivity index is 2.46. The summed E-state index contributed by atoms with van der Waals surface area (Å²) in [7, 11) is 0. The van der Waals surface area contributed by atoms with E-state index in [2.05, 4.69) is 21.0 Å². The molecule has 0 amide bonds. The van der Waals surface area contributed by atoms with Crippen LogP contribution in [0.4, 0.5) is 5.69 Å². The second-order valence-corrected chi connectivity index (χ2v) is 4.68. The minimum atomic E-state index is -0.810. The van der Waals surface area contributed by atoms with Crippen molar-refractivity contribution in [1.82, 2.24) is 9.78 Å². The zero-order valence-electron chi connectivity index (χ0n) is 10.4. The maximum atomic E-state index is 11.7. The van der Waals surface area contributed by atoms with Crippen LogP contribution in [0.3, 0.4) is 0 Å². The molecule has 0 unspecified atom stereocenters. The number of aromatic nitrogens is 2. The van der Waals surface area contributed by atoms with Crippen molar-refractivity contribution in [3.05, 3.63) is 50.7 Å². The lowest BCUT2D eigenvalue weighted by Crippen LogP contribution is -2.08. The van der Waals surface area contributed by atoms with E-state index in [9.17, 15) is 14.9 Å². The predicted octanol–water partition coefficient (Wildman–Crippen LogP) is 2.72. The zero-order valence-corrected chi connectivity index (χ0v) is 12.0. The molecule has 8 heteroatoms. The number of ether oxygens (including phenoxy) is 1. The summed E-state index contributed by atoms with van der Waals surface area (Å²) in [6.07, 6.45) is 1.19. The molecular weight excluding hydrogens is 330 g/mol. The van der Waals surface area contributed by atoms with Crippen molar-refractivity contribution >= 4 is 27.6 Å². The van der Waals surface area contributed by atoms with Crippen molar-refractivity contribution in [3.8, 4) is 5.69 Å². The molecule has 20 heavy (non-hydrogen) atoms. The molecule has 1 aromatic carbocycles. The minimum absolute atomic E-state index is 0.126. The summed E-state index contributed by atoms with van der Waals surface area (Å²) in [6.45, 7) is 1.75. The standard InChI is InChI=1S/C12H10BrN3O4/c1-2-20-12(17)11-10(16(18)19)7-15(14-11)9-5-3-8(13)4-6-9/h3-7H,2H2,1H3. The number of nitrogens with zero attached hydrogens (tertiary/aromatic N) is 3. The lowest BCUT2D eigenvalue weighted by molar-refractivity contribution is -0.385. The van der Waals surface area contributed by atoms with Crippen LogP contribution in [0.2, 0.25) is 0 Å². The van der Waals surface area contributed by atoms with Crippen LogP contribution in [0.1, 0.15) is 17.4 Å². The van der Waals surface area contributed by atoms with Crippen LogP contribution in [0.25, 0.3) is 5.69 Å². The smallest absolute Gasteiger partial charge is 0.366 e. The highest BCUT2D eigenvalue weighted by atomic mass is 79.9. The Kier molecular flexibility index (Phi) is 4.14. The van der Waals surface area contributed by atoms with Gasteiger partial charge in [0.25, 0.3) is 0 Å². The third kappa shape index (κ3) is 2.85. The minimum Gasteiger partial charge on any atom is -0.461 e. The monoisotopic (exact) mass is 339 g/mol. The number of halogens is 1. The summed E-state index contributed by atoms with van der Waals surface area (Å²) in [5, 5.41) is 14.9. The maximum absolute atomic E-state index is 11.7. The molecule has 1 aromatic heterocycles. The third-order valence-corrected chi connectivity index (χ3v) is 2.98. The zero-order chi connectivity index (χ0) is 14.7. The number of esters is 1. The van der Waals surface area contributed by atoms with Gasteiger partial charge in [0.1, 0.15) is 6.20 Å². The van der Waals surface area contributed by atoms with Gasteiger partial charge < -0.3 is 4.74 Å². The van der Waals surface area contributed by atoms with Gasteiger partial charge in [0.15, 0.2) is 0 Å². The fourth-order valence-corrected chi connectivity index (χ4v) is 1.83. The Bertz CT molecular complexity index is 651. The first-order valence-electron chi connectivity index (χ1n) is 5.70. The highest BCUT2D eigenvalue weighted by molar-refractivity contribution is 9.10. The molecule has 0 aliphatic carbocycles. The van der Waals surface area contributed by atoms with E-state index >= 15 is 0 Å². The van der Waals surface area contributed by atoms with Crippen molar-refractivity contribution in [1.29, 1.82) is 0 Å². The van der Waals surface area contributed by atoms with Crippen molar-refractivity contribution in [3.63, 3.8) is 0 Å². The van der Waals surface area contributed by atoms with Gasteiger partial charge in [-0.1, -0.05) is 15.9 Å². The number of nitro groups is 1. The molecule has 7 nitrogen and oxygen atoms in total. The molecule has 2 rings (SSSR count). The topological polar surface area (TPSA) is 87.3 Å². The Morgan fingerprint density at radius 3 is 2.65 bits per heavy atom. The lowest BCUT2D eigenvalue weighted by atomic mass is 10.3. The van der Waals surface area contributed by atoms with Crippen LogP contribution in [0.5, 0.6) is 0 Å². The van der Waals surface area contributed by atoms with E-state index in [4.69, 9.17) is 4.74 Å². The van der Waals surface area contributed by atoms with Gasteiger partial charge in [-0.2, -0.15) is 5.10 Å². The Morgan fingerprint density at radius 1 is 1.45 bits per heavy atom. The van der Waals surface area contributed by atoms with Gasteiger partial charge >= 0.3 is 11.7 Å². The molecule has 0 atom stereocenters. The van der Waals surface area contributed by atoms with Gasteiger partial charge in [0.2, 0.25) is 5.69 Å². The second-order valence-electron chi connectivity index (χ2n) is 3.76. The van der Waals surface area contributed by atoms with E-state index < -0.39 is 10.9 Å². The summed E-state index contributed by atoms with van der Waals surface area (Å²) in [5.41, 5.74) is -0.0852. The van der Waals surface area contributed by atoms with Crippen LogP contribution in [0.15, 0.2) is 34.9 Å². The van der Waals surface area contributed by atoms with Crippen molar-refractivity contribution in [2.24, 2.45) is 0 Å². The molecule has 0 aliphatic rings. The summed E-state index contributed by atoms with van der Waals surface area (Å²) in [5.74, 6) is -0.810. The van der Waals surface area contributed by atoms with Crippen molar-refractivity contribution < 1.29 is 14.5 Å². The average molecular weight is 340 g/mol. The summed E-state index contributed by atoms with van der Waals surface area (Å²) >= 11 is 3.29. The molecule has 0 radical (unpaired) electrons. The molecule has 0 saturated heterocycles. The van der Waals surface area contributed by atoms with Crippen molar-refractivity contribution in [2.45, 2.75) is 6.92 Å². The summed E-state index contributed by atoms with van der Waals surface area (Å²) in [6, 6.07) is 6.98. The largest absolute Gasteiger partial charge is 0.461 e. The second kappa shape index (κ2) is 5.83. The number of carbonyl (C=O) groups excluding carboxylic acids is 1. The molecular formula is C12H10BrN3O4. The van der Waals surface area contributed by atoms with E-state index in [0.717, 1.165) is 4.47 Å². The maximum Gasteiger partial charge on any atom is 0.366 e. The van der Waals surface area contributed by atoms with Crippen LogP contribution in [-0.4, -0.2) is 27.3 Å². The van der Waals surface area contributed by atoms with Crippen LogP contribution >= 0.6 is 15.9 Å². The van der Waals surface area contributed by atoms with E-state index in [1.807, 2.05) is 0 Å². The molecule has 0 fully saturated rings. The normalized spacial score (nSPS) is 10.3. The van der Waals surface area contributed by atoms with E-state index in [1.165, 1.54) is 10.9 Å². The number of hydrogen-bond donors (Lipinski definition) is 0. The third-order valence-electron chi connectivity index (χ3n) is 2.45.